The SMILES string of the molecule is O=C(O)CCC(=O)c1cccc(OCC2=C(F)C=CCC=C2F)c1. The van der Waals surface area contributed by atoms with E-state index in [0.717, 1.165) is 0 Å². The van der Waals surface area contributed by atoms with E-state index in [1.165, 1.54) is 30.4 Å². The molecule has 4 nitrogen and oxygen atoms in total. The lowest BCUT2D eigenvalue weighted by Gasteiger charge is -2.10. The Bertz CT molecular complexity index is 732. The number of ketones is 1. The van der Waals surface area contributed by atoms with Gasteiger partial charge < -0.3 is 9.84 Å². The van der Waals surface area contributed by atoms with Gasteiger partial charge in [-0.05, 0) is 30.7 Å². The van der Waals surface area contributed by atoms with Crippen LogP contribution in [0.5, 0.6) is 5.75 Å². The molecule has 2 rings (SSSR count). The molecule has 0 aliphatic heterocycles. The maximum Gasteiger partial charge on any atom is 0.303 e. The van der Waals surface area contributed by atoms with Gasteiger partial charge in [0.25, 0.3) is 0 Å². The van der Waals surface area contributed by atoms with E-state index in [2.05, 4.69) is 0 Å². The molecule has 1 N–H and O–H groups in total. The van der Waals surface area contributed by atoms with Crippen molar-refractivity contribution in [3.63, 3.8) is 0 Å². The van der Waals surface area contributed by atoms with Gasteiger partial charge in [-0.2, -0.15) is 0 Å². The number of benzene rings is 1. The molecule has 0 unspecified atom stereocenters. The minimum Gasteiger partial charge on any atom is -0.489 e. The zero-order chi connectivity index (χ0) is 17.5. The van der Waals surface area contributed by atoms with E-state index in [0.29, 0.717) is 12.0 Å². The van der Waals surface area contributed by atoms with Gasteiger partial charge in [0, 0.05) is 12.0 Å². The topological polar surface area (TPSA) is 63.6 Å². The smallest absolute Gasteiger partial charge is 0.303 e. The molecule has 0 spiro atoms. The summed E-state index contributed by atoms with van der Waals surface area (Å²) in [5.74, 6) is -2.49. The maximum atomic E-state index is 13.8. The molecule has 0 saturated heterocycles. The first kappa shape index (κ1) is 17.6. The van der Waals surface area contributed by atoms with Gasteiger partial charge in [0.2, 0.25) is 0 Å². The number of hydrogen-bond donors (Lipinski definition) is 1. The van der Waals surface area contributed by atoms with Crippen molar-refractivity contribution in [2.75, 3.05) is 6.61 Å². The van der Waals surface area contributed by atoms with Crippen molar-refractivity contribution >= 4 is 11.8 Å². The quantitative estimate of drug-likeness (QED) is 0.761. The lowest BCUT2D eigenvalue weighted by atomic mass is 10.1. The van der Waals surface area contributed by atoms with Crippen LogP contribution in [0.2, 0.25) is 0 Å². The number of rotatable bonds is 7. The normalized spacial score (nSPS) is 14.2. The lowest BCUT2D eigenvalue weighted by Crippen LogP contribution is -2.06. The first-order chi connectivity index (χ1) is 11.5. The van der Waals surface area contributed by atoms with Crippen LogP contribution in [0.25, 0.3) is 0 Å². The molecule has 0 fully saturated rings. The average molecular weight is 334 g/mol. The van der Waals surface area contributed by atoms with Gasteiger partial charge in [-0.15, -0.1) is 0 Å². The van der Waals surface area contributed by atoms with E-state index in [1.807, 2.05) is 0 Å². The number of carbonyl (C=O) groups is 2. The van der Waals surface area contributed by atoms with E-state index in [1.54, 1.807) is 12.1 Å². The molecule has 0 saturated carbocycles. The molecule has 24 heavy (non-hydrogen) atoms. The number of carbonyl (C=O) groups excluding carboxylic acids is 1. The zero-order valence-electron chi connectivity index (χ0n) is 12.8. The summed E-state index contributed by atoms with van der Waals surface area (Å²) in [6.45, 7) is -0.314. The molecule has 1 aliphatic rings. The van der Waals surface area contributed by atoms with Crippen LogP contribution < -0.4 is 4.74 Å². The van der Waals surface area contributed by atoms with Crippen molar-refractivity contribution in [2.45, 2.75) is 19.3 Å². The number of halogens is 2. The Morgan fingerprint density at radius 1 is 1.21 bits per heavy atom. The summed E-state index contributed by atoms with van der Waals surface area (Å²) in [5, 5.41) is 8.60. The summed E-state index contributed by atoms with van der Waals surface area (Å²) in [6.07, 6.45) is 3.87. The number of allylic oxidation sites excluding steroid dienone is 4. The fraction of sp³-hybridized carbons (Fsp3) is 0.222. The second-order valence-electron chi connectivity index (χ2n) is 5.15. The third-order valence-electron chi connectivity index (χ3n) is 3.38. The Morgan fingerprint density at radius 3 is 2.75 bits per heavy atom. The van der Waals surface area contributed by atoms with Crippen molar-refractivity contribution in [1.29, 1.82) is 0 Å². The van der Waals surface area contributed by atoms with Gasteiger partial charge in [-0.3, -0.25) is 9.59 Å². The van der Waals surface area contributed by atoms with Crippen molar-refractivity contribution < 1.29 is 28.2 Å². The van der Waals surface area contributed by atoms with E-state index in [4.69, 9.17) is 9.84 Å². The fourth-order valence-corrected chi connectivity index (χ4v) is 2.10. The molecule has 0 aromatic heterocycles. The van der Waals surface area contributed by atoms with Crippen molar-refractivity contribution in [3.8, 4) is 5.75 Å². The molecule has 0 heterocycles. The second kappa shape index (κ2) is 8.19. The Labute approximate surface area is 137 Å². The van der Waals surface area contributed by atoms with Crippen molar-refractivity contribution in [3.05, 3.63) is 65.3 Å². The average Bonchev–Trinajstić information content (AvgIpc) is 2.72. The third-order valence-corrected chi connectivity index (χ3v) is 3.38. The Morgan fingerprint density at radius 2 is 2.00 bits per heavy atom. The highest BCUT2D eigenvalue weighted by Gasteiger charge is 2.14. The lowest BCUT2D eigenvalue weighted by molar-refractivity contribution is -0.136. The number of ether oxygens (including phenoxy) is 1. The van der Waals surface area contributed by atoms with E-state index >= 15 is 0 Å². The van der Waals surface area contributed by atoms with Crippen LogP contribution in [0.15, 0.2) is 59.7 Å². The molecule has 0 atom stereocenters. The standard InChI is InChI=1S/C18H16F2O4/c19-15-6-1-2-7-16(20)14(15)11-24-13-5-3-4-12(10-13)17(21)8-9-18(22)23/h1,3-7,10H,2,8-9,11H2,(H,22,23). The van der Waals surface area contributed by atoms with Gasteiger partial charge >= 0.3 is 5.97 Å². The largest absolute Gasteiger partial charge is 0.489 e. The van der Waals surface area contributed by atoms with Gasteiger partial charge in [0.05, 0.1) is 12.0 Å². The summed E-state index contributed by atoms with van der Waals surface area (Å²) >= 11 is 0. The minimum atomic E-state index is -1.05. The van der Waals surface area contributed by atoms with E-state index < -0.39 is 17.6 Å². The number of carboxylic acids is 1. The van der Waals surface area contributed by atoms with Gasteiger partial charge in [-0.25, -0.2) is 8.78 Å². The maximum absolute atomic E-state index is 13.8. The van der Waals surface area contributed by atoms with Gasteiger partial charge in [0.1, 0.15) is 24.0 Å². The number of hydrogen-bond acceptors (Lipinski definition) is 3. The highest BCUT2D eigenvalue weighted by Crippen LogP contribution is 2.24. The zero-order valence-corrected chi connectivity index (χ0v) is 12.8. The van der Waals surface area contributed by atoms with E-state index in [-0.39, 0.29) is 36.6 Å². The summed E-state index contributed by atoms with van der Waals surface area (Å²) in [6, 6.07) is 6.08. The fourth-order valence-electron chi connectivity index (χ4n) is 2.10. The minimum absolute atomic E-state index is 0.124. The molecule has 0 bridgehead atoms. The van der Waals surface area contributed by atoms with Crippen LogP contribution in [0, 0.1) is 0 Å². The summed E-state index contributed by atoms with van der Waals surface area (Å²) in [5.41, 5.74) is 0.103. The molecule has 6 heteroatoms. The highest BCUT2D eigenvalue weighted by atomic mass is 19.1. The molecule has 0 amide bonds. The van der Waals surface area contributed by atoms with Crippen LogP contribution in [-0.2, 0) is 4.79 Å². The Hall–Kier alpha value is -2.76. The number of Topliss-reactive ketones (excluding diaryl/α,β-unsaturated/α-hetero) is 1. The van der Waals surface area contributed by atoms with Crippen LogP contribution in [0.3, 0.4) is 0 Å². The Balaban J connectivity index is 2.06. The first-order valence-corrected chi connectivity index (χ1v) is 7.36. The number of carboxylic acid groups (broad SMARTS) is 1. The van der Waals surface area contributed by atoms with Crippen LogP contribution in [0.4, 0.5) is 8.78 Å². The van der Waals surface area contributed by atoms with Crippen LogP contribution in [-0.4, -0.2) is 23.5 Å². The highest BCUT2D eigenvalue weighted by molar-refractivity contribution is 5.97. The molecule has 1 aromatic carbocycles. The third kappa shape index (κ3) is 4.87. The van der Waals surface area contributed by atoms with E-state index in [9.17, 15) is 18.4 Å². The molecule has 126 valence electrons. The van der Waals surface area contributed by atoms with Gasteiger partial charge in [0.15, 0.2) is 5.78 Å². The monoisotopic (exact) mass is 334 g/mol. The van der Waals surface area contributed by atoms with Crippen molar-refractivity contribution in [2.24, 2.45) is 0 Å². The Kier molecular flexibility index (Phi) is 6.01. The van der Waals surface area contributed by atoms with Crippen molar-refractivity contribution in [1.82, 2.24) is 0 Å². The predicted octanol–water partition coefficient (Wildman–Crippen LogP) is 4.15. The molecular formula is C18H16F2O4. The molecule has 1 aromatic rings. The molecular weight excluding hydrogens is 318 g/mol. The summed E-state index contributed by atoms with van der Waals surface area (Å²) in [4.78, 5) is 22.4. The van der Waals surface area contributed by atoms with Crippen LogP contribution in [0.1, 0.15) is 29.6 Å². The molecule has 1 aliphatic carbocycles. The number of aliphatic carboxylic acids is 1. The summed E-state index contributed by atoms with van der Waals surface area (Å²) in [7, 11) is 0. The first-order valence-electron chi connectivity index (χ1n) is 7.36. The van der Waals surface area contributed by atoms with Crippen LogP contribution >= 0.6 is 0 Å². The summed E-state index contributed by atoms with van der Waals surface area (Å²) < 4.78 is 32.9. The predicted molar refractivity (Wildman–Crippen MR) is 84.2 cm³/mol. The molecule has 0 radical (unpaired) electrons. The van der Waals surface area contributed by atoms with Gasteiger partial charge in [-0.1, -0.05) is 18.2 Å². The second-order valence-corrected chi connectivity index (χ2v) is 5.15.